The minimum absolute atomic E-state index is 0.0433. The number of ether oxygens (including phenoxy) is 3. The van der Waals surface area contributed by atoms with Gasteiger partial charge in [-0.25, -0.2) is 0 Å². The minimum Gasteiger partial charge on any atom is -0.497 e. The van der Waals surface area contributed by atoms with Crippen LogP contribution in [0, 0.1) is 17.8 Å². The van der Waals surface area contributed by atoms with E-state index in [9.17, 15) is 14.4 Å². The van der Waals surface area contributed by atoms with Gasteiger partial charge in [0.1, 0.15) is 23.1 Å². The summed E-state index contributed by atoms with van der Waals surface area (Å²) in [5.41, 5.74) is 0.159. The molecule has 2 aromatic rings. The van der Waals surface area contributed by atoms with E-state index in [-0.39, 0.29) is 30.3 Å². The molecule has 1 aliphatic carbocycles. The van der Waals surface area contributed by atoms with Gasteiger partial charge < -0.3 is 29.7 Å². The molecule has 0 radical (unpaired) electrons. The van der Waals surface area contributed by atoms with E-state index in [0.717, 1.165) is 25.7 Å². The lowest BCUT2D eigenvalue weighted by molar-refractivity contribution is -0.142. The van der Waals surface area contributed by atoms with Gasteiger partial charge in [0.15, 0.2) is 0 Å². The molecule has 6 rings (SSSR count). The monoisotopic (exact) mass is 593 g/mol. The zero-order valence-electron chi connectivity index (χ0n) is 24.0. The van der Waals surface area contributed by atoms with Gasteiger partial charge >= 0.3 is 0 Å². The van der Waals surface area contributed by atoms with Crippen LogP contribution in [-0.4, -0.2) is 61.1 Å². The Morgan fingerprint density at radius 2 is 1.76 bits per heavy atom. The molecule has 3 fully saturated rings. The Bertz CT molecular complexity index is 1390. The Labute approximate surface area is 250 Å². The lowest BCUT2D eigenvalue weighted by Gasteiger charge is -2.34. The third-order valence-corrected chi connectivity index (χ3v) is 9.49. The molecule has 2 bridgehead atoms. The highest BCUT2D eigenvalue weighted by atomic mass is 35.5. The molecule has 4 aliphatic rings. The summed E-state index contributed by atoms with van der Waals surface area (Å²) in [5.74, 6) is -0.986. The topological polar surface area (TPSA) is 106 Å². The summed E-state index contributed by atoms with van der Waals surface area (Å²) >= 11 is 6.18. The summed E-state index contributed by atoms with van der Waals surface area (Å²) in [6, 6.07) is 11.3. The van der Waals surface area contributed by atoms with Crippen molar-refractivity contribution in [1.29, 1.82) is 0 Å². The van der Waals surface area contributed by atoms with E-state index < -0.39 is 29.6 Å². The first kappa shape index (κ1) is 28.6. The van der Waals surface area contributed by atoms with Crippen LogP contribution in [0.25, 0.3) is 0 Å². The number of nitrogens with one attached hydrogen (secondary N) is 2. The fraction of sp³-hybridized carbons (Fsp3) is 0.469. The molecule has 3 aliphatic heterocycles. The van der Waals surface area contributed by atoms with Gasteiger partial charge in [-0.1, -0.05) is 55.7 Å². The lowest BCUT2D eigenvalue weighted by atomic mass is 9.76. The van der Waals surface area contributed by atoms with Crippen molar-refractivity contribution in [3.05, 3.63) is 65.2 Å². The number of hydrogen-bond acceptors (Lipinski definition) is 6. The summed E-state index contributed by atoms with van der Waals surface area (Å²) in [6.45, 7) is 2.32. The number of likely N-dealkylation sites (tertiary alicyclic amines) is 1. The third-order valence-electron chi connectivity index (χ3n) is 9.24. The van der Waals surface area contributed by atoms with Crippen LogP contribution in [0.3, 0.4) is 0 Å². The Kier molecular flexibility index (Phi) is 7.66. The molecular weight excluding hydrogens is 558 g/mol. The first-order valence-electron chi connectivity index (χ1n) is 14.5. The largest absolute Gasteiger partial charge is 0.497 e. The molecule has 222 valence electrons. The highest BCUT2D eigenvalue weighted by molar-refractivity contribution is 6.30. The van der Waals surface area contributed by atoms with Crippen LogP contribution in [0.4, 0.5) is 5.69 Å². The smallest absolute Gasteiger partial charge is 0.247 e. The zero-order chi connectivity index (χ0) is 29.6. The fourth-order valence-electron chi connectivity index (χ4n) is 7.06. The molecule has 0 aromatic heterocycles. The van der Waals surface area contributed by atoms with E-state index in [2.05, 4.69) is 17.6 Å². The van der Waals surface area contributed by atoms with Gasteiger partial charge in [0.2, 0.25) is 17.7 Å². The SMILES string of the molecule is COc1cc(NC(=O)[C@@H]2[C@@H]3C=C[C@@]4(CN([C@H](C(=O)N[C@H]5CCCC[C@@H]5C)c5ccc(Cl)cc5)C(=O)[C@H]24)O3)cc(OC)c1. The number of rotatable bonds is 8. The number of amides is 3. The summed E-state index contributed by atoms with van der Waals surface area (Å²) in [5, 5.41) is 6.72. The molecular formula is C32H36ClN3O6. The molecule has 1 spiro atoms. The van der Waals surface area contributed by atoms with E-state index in [1.165, 1.54) is 14.2 Å². The van der Waals surface area contributed by atoms with Crippen LogP contribution < -0.4 is 20.1 Å². The number of hydrogen-bond donors (Lipinski definition) is 2. The van der Waals surface area contributed by atoms with E-state index >= 15 is 0 Å². The molecule has 0 unspecified atom stereocenters. The molecule has 10 heteroatoms. The maximum Gasteiger partial charge on any atom is 0.247 e. The maximum absolute atomic E-state index is 14.3. The second-order valence-corrected chi connectivity index (χ2v) is 12.2. The molecule has 2 saturated heterocycles. The first-order chi connectivity index (χ1) is 20.2. The van der Waals surface area contributed by atoms with Crippen molar-refractivity contribution in [2.45, 2.75) is 56.4 Å². The third kappa shape index (κ3) is 5.02. The second-order valence-electron chi connectivity index (χ2n) is 11.8. The Morgan fingerprint density at radius 3 is 2.43 bits per heavy atom. The van der Waals surface area contributed by atoms with Crippen molar-refractivity contribution in [2.24, 2.45) is 17.8 Å². The Balaban J connectivity index is 1.29. The van der Waals surface area contributed by atoms with Crippen LogP contribution >= 0.6 is 11.6 Å². The molecule has 2 aromatic carbocycles. The number of nitrogens with zero attached hydrogens (tertiary/aromatic N) is 1. The first-order valence-corrected chi connectivity index (χ1v) is 14.9. The summed E-state index contributed by atoms with van der Waals surface area (Å²) in [4.78, 5) is 43.6. The van der Waals surface area contributed by atoms with Crippen molar-refractivity contribution >= 4 is 35.0 Å². The van der Waals surface area contributed by atoms with Gasteiger partial charge in [0.05, 0.1) is 38.7 Å². The average Bonchev–Trinajstić information content (AvgIpc) is 3.63. The van der Waals surface area contributed by atoms with Crippen molar-refractivity contribution in [1.82, 2.24) is 10.2 Å². The van der Waals surface area contributed by atoms with Crippen molar-refractivity contribution in [3.8, 4) is 11.5 Å². The van der Waals surface area contributed by atoms with Gasteiger partial charge in [-0.15, -0.1) is 0 Å². The van der Waals surface area contributed by atoms with Crippen molar-refractivity contribution < 1.29 is 28.6 Å². The number of fused-ring (bicyclic) bond motifs is 1. The van der Waals surface area contributed by atoms with E-state index in [4.69, 9.17) is 25.8 Å². The molecule has 2 N–H and O–H groups in total. The van der Waals surface area contributed by atoms with Crippen LogP contribution in [0.2, 0.25) is 5.02 Å². The number of benzene rings is 2. The summed E-state index contributed by atoms with van der Waals surface area (Å²) in [6.07, 6.45) is 7.37. The van der Waals surface area contributed by atoms with Crippen LogP contribution in [-0.2, 0) is 19.1 Å². The van der Waals surface area contributed by atoms with Gasteiger partial charge in [0, 0.05) is 35.0 Å². The minimum atomic E-state index is -0.987. The molecule has 3 amide bonds. The predicted molar refractivity (Wildman–Crippen MR) is 157 cm³/mol. The summed E-state index contributed by atoms with van der Waals surface area (Å²) in [7, 11) is 3.07. The predicted octanol–water partition coefficient (Wildman–Crippen LogP) is 4.51. The maximum atomic E-state index is 14.3. The molecule has 3 heterocycles. The van der Waals surface area contributed by atoms with Crippen LogP contribution in [0.1, 0.15) is 44.2 Å². The number of carbonyl (C=O) groups excluding carboxylic acids is 3. The van der Waals surface area contributed by atoms with Crippen LogP contribution in [0.5, 0.6) is 11.5 Å². The molecule has 9 nitrogen and oxygen atoms in total. The number of carbonyl (C=O) groups is 3. The van der Waals surface area contributed by atoms with Crippen LogP contribution in [0.15, 0.2) is 54.6 Å². The quantitative estimate of drug-likeness (QED) is 0.436. The van der Waals surface area contributed by atoms with Crippen molar-refractivity contribution in [2.75, 3.05) is 26.1 Å². The average molecular weight is 594 g/mol. The number of anilines is 1. The van der Waals surface area contributed by atoms with Gasteiger partial charge in [-0.2, -0.15) is 0 Å². The van der Waals surface area contributed by atoms with E-state index in [1.807, 2.05) is 12.2 Å². The van der Waals surface area contributed by atoms with Gasteiger partial charge in [0.25, 0.3) is 0 Å². The Morgan fingerprint density at radius 1 is 1.07 bits per heavy atom. The number of halogens is 1. The summed E-state index contributed by atoms with van der Waals surface area (Å²) < 4.78 is 17.0. The van der Waals surface area contributed by atoms with E-state index in [0.29, 0.717) is 33.7 Å². The van der Waals surface area contributed by atoms with Gasteiger partial charge in [-0.05, 0) is 36.5 Å². The standard InChI is InChI=1S/C32H36ClN3O6/c1-18-6-4-5-7-24(18)35-30(38)28(19-8-10-20(33)11-9-19)36-17-32-13-12-25(42-32)26(27(32)31(36)39)29(37)34-21-14-22(40-2)16-23(15-21)41-3/h8-16,18,24-28H,4-7,17H2,1-3H3,(H,34,37)(H,35,38)/t18-,24-,25-,26+,27-,28-,32-/m0/s1. The molecule has 1 saturated carbocycles. The Hall–Kier alpha value is -3.56. The number of methoxy groups -OCH3 is 2. The lowest BCUT2D eigenvalue weighted by Crippen LogP contribution is -2.49. The zero-order valence-corrected chi connectivity index (χ0v) is 24.7. The van der Waals surface area contributed by atoms with E-state index in [1.54, 1.807) is 47.4 Å². The molecule has 7 atom stereocenters. The second kappa shape index (κ2) is 11.3. The molecule has 42 heavy (non-hydrogen) atoms. The normalized spacial score (nSPS) is 30.1. The fourth-order valence-corrected chi connectivity index (χ4v) is 7.19. The van der Waals surface area contributed by atoms with Crippen molar-refractivity contribution in [3.63, 3.8) is 0 Å². The highest BCUT2D eigenvalue weighted by Crippen LogP contribution is 2.53. The highest BCUT2D eigenvalue weighted by Gasteiger charge is 2.68. The van der Waals surface area contributed by atoms with Gasteiger partial charge in [-0.3, -0.25) is 14.4 Å².